The molecule has 0 unspecified atom stereocenters. The number of furan rings is 1. The molecule has 0 bridgehead atoms. The molecule has 0 saturated heterocycles. The van der Waals surface area contributed by atoms with Crippen molar-refractivity contribution < 1.29 is 4.42 Å². The Labute approximate surface area is 254 Å². The van der Waals surface area contributed by atoms with E-state index in [2.05, 4.69) is 144 Å². The molecule has 9 aromatic rings. The summed E-state index contributed by atoms with van der Waals surface area (Å²) in [6.07, 6.45) is 0. The minimum atomic E-state index is 0.273. The predicted molar refractivity (Wildman–Crippen MR) is 183 cm³/mol. The van der Waals surface area contributed by atoms with E-state index in [0.717, 1.165) is 39.0 Å². The van der Waals surface area contributed by atoms with E-state index in [1.165, 1.54) is 41.2 Å². The number of hydrogen-bond acceptors (Lipinski definition) is 2. The van der Waals surface area contributed by atoms with Crippen LogP contribution in [0.15, 0.2) is 156 Å². The number of fused-ring (bicyclic) bond motifs is 8. The first-order valence-corrected chi connectivity index (χ1v) is 16.2. The second-order valence-electron chi connectivity index (χ2n) is 11.0. The minimum absolute atomic E-state index is 0.273. The van der Waals surface area contributed by atoms with Crippen LogP contribution in [0.3, 0.4) is 0 Å². The summed E-state index contributed by atoms with van der Waals surface area (Å²) >= 11 is 0.273. The molecule has 0 radical (unpaired) electrons. The number of hydrogen-bond donors (Lipinski definition) is 0. The van der Waals surface area contributed by atoms with Crippen molar-refractivity contribution in [3.8, 4) is 11.1 Å². The van der Waals surface area contributed by atoms with Gasteiger partial charge in [0.15, 0.2) is 0 Å². The SMILES string of the molecule is c1ccc(-c2cccc(N(c3ccc4c(c3)oc3ccccc34)c3ccc4[se]c5c6ccccc6ccc5c4c3)c2)cc1. The Hall–Kier alpha value is -5.08. The number of benzene rings is 7. The third kappa shape index (κ3) is 4.01. The Morgan fingerprint density at radius 3 is 2.05 bits per heavy atom. The van der Waals surface area contributed by atoms with Crippen molar-refractivity contribution in [3.63, 3.8) is 0 Å². The first-order valence-electron chi connectivity index (χ1n) is 14.5. The number of rotatable bonds is 4. The van der Waals surface area contributed by atoms with Crippen molar-refractivity contribution in [2.45, 2.75) is 0 Å². The Morgan fingerprint density at radius 2 is 1.12 bits per heavy atom. The molecule has 2 heterocycles. The molecule has 0 aliphatic heterocycles. The molecule has 2 aromatic heterocycles. The summed E-state index contributed by atoms with van der Waals surface area (Å²) in [6.45, 7) is 0. The molecule has 0 saturated carbocycles. The fourth-order valence-electron chi connectivity index (χ4n) is 6.39. The van der Waals surface area contributed by atoms with E-state index in [1.54, 1.807) is 0 Å². The predicted octanol–water partition coefficient (Wildman–Crippen LogP) is 11.2. The molecular formula is C40H25NOSe. The maximum absolute atomic E-state index is 6.35. The second-order valence-corrected chi connectivity index (χ2v) is 13.2. The van der Waals surface area contributed by atoms with Gasteiger partial charge in [0.05, 0.1) is 0 Å². The van der Waals surface area contributed by atoms with Gasteiger partial charge in [-0.15, -0.1) is 0 Å². The molecule has 0 spiro atoms. The molecule has 3 heteroatoms. The number of anilines is 3. The summed E-state index contributed by atoms with van der Waals surface area (Å²) in [5.41, 5.74) is 7.51. The molecule has 0 aliphatic rings. The van der Waals surface area contributed by atoms with Crippen LogP contribution in [0.1, 0.15) is 0 Å². The van der Waals surface area contributed by atoms with Gasteiger partial charge in [0.2, 0.25) is 0 Å². The van der Waals surface area contributed by atoms with E-state index in [4.69, 9.17) is 4.42 Å². The van der Waals surface area contributed by atoms with E-state index in [-0.39, 0.29) is 14.5 Å². The van der Waals surface area contributed by atoms with E-state index < -0.39 is 0 Å². The van der Waals surface area contributed by atoms with E-state index in [9.17, 15) is 0 Å². The van der Waals surface area contributed by atoms with Gasteiger partial charge in [0, 0.05) is 0 Å². The maximum atomic E-state index is 6.35. The van der Waals surface area contributed by atoms with Crippen molar-refractivity contribution in [3.05, 3.63) is 152 Å². The van der Waals surface area contributed by atoms with E-state index in [1.807, 2.05) is 12.1 Å². The zero-order chi connectivity index (χ0) is 28.3. The topological polar surface area (TPSA) is 16.4 Å². The first-order chi connectivity index (χ1) is 21.3. The Bertz CT molecular complexity index is 2470. The van der Waals surface area contributed by atoms with Crippen molar-refractivity contribution in [2.24, 2.45) is 0 Å². The summed E-state index contributed by atoms with van der Waals surface area (Å²) in [4.78, 5) is 2.37. The van der Waals surface area contributed by atoms with Crippen molar-refractivity contribution >= 4 is 83.6 Å². The van der Waals surface area contributed by atoms with Crippen LogP contribution in [0.4, 0.5) is 17.1 Å². The zero-order valence-electron chi connectivity index (χ0n) is 23.2. The van der Waals surface area contributed by atoms with Crippen molar-refractivity contribution in [2.75, 3.05) is 4.90 Å². The van der Waals surface area contributed by atoms with Crippen molar-refractivity contribution in [1.29, 1.82) is 0 Å². The Kier molecular flexibility index (Phi) is 5.55. The molecule has 0 amide bonds. The van der Waals surface area contributed by atoms with Crippen LogP contribution in [0.2, 0.25) is 0 Å². The second kappa shape index (κ2) is 9.74. The molecule has 43 heavy (non-hydrogen) atoms. The molecule has 9 rings (SSSR count). The Morgan fingerprint density at radius 1 is 0.419 bits per heavy atom. The van der Waals surface area contributed by atoms with Crippen LogP contribution in [-0.2, 0) is 0 Å². The molecule has 0 aliphatic carbocycles. The van der Waals surface area contributed by atoms with Gasteiger partial charge < -0.3 is 0 Å². The normalized spacial score (nSPS) is 11.7. The summed E-state index contributed by atoms with van der Waals surface area (Å²) in [7, 11) is 0. The average molecular weight is 615 g/mol. The van der Waals surface area contributed by atoms with Gasteiger partial charge >= 0.3 is 256 Å². The van der Waals surface area contributed by atoms with Gasteiger partial charge in [-0.2, -0.15) is 0 Å². The fraction of sp³-hybridized carbons (Fsp3) is 0. The standard InChI is InChI=1S/C40H25NOSe/c1-2-9-26(10-3-1)28-12-8-13-29(23-28)41(31-18-21-34-33-15-6-7-16-37(33)42-38(34)25-31)30-19-22-39-36(24-30)35-20-17-27-11-4-5-14-32(27)40(35)43-39/h1-25H. The monoisotopic (exact) mass is 615 g/mol. The quantitative estimate of drug-likeness (QED) is 0.183. The van der Waals surface area contributed by atoms with E-state index in [0.29, 0.717) is 0 Å². The number of nitrogens with zero attached hydrogens (tertiary/aromatic N) is 1. The molecular weight excluding hydrogens is 589 g/mol. The average Bonchev–Trinajstić information content (AvgIpc) is 3.63. The molecule has 2 nitrogen and oxygen atoms in total. The zero-order valence-corrected chi connectivity index (χ0v) is 24.9. The van der Waals surface area contributed by atoms with Crippen LogP contribution >= 0.6 is 0 Å². The van der Waals surface area contributed by atoms with Gasteiger partial charge in [-0.25, -0.2) is 0 Å². The summed E-state index contributed by atoms with van der Waals surface area (Å²) in [5, 5.41) is 7.67. The fourth-order valence-corrected chi connectivity index (χ4v) is 8.94. The van der Waals surface area contributed by atoms with Crippen LogP contribution < -0.4 is 4.90 Å². The van der Waals surface area contributed by atoms with Crippen LogP contribution in [-0.4, -0.2) is 14.5 Å². The van der Waals surface area contributed by atoms with Crippen molar-refractivity contribution in [1.82, 2.24) is 0 Å². The Balaban J connectivity index is 1.27. The van der Waals surface area contributed by atoms with Gasteiger partial charge in [0.1, 0.15) is 0 Å². The van der Waals surface area contributed by atoms with Gasteiger partial charge in [-0.3, -0.25) is 0 Å². The molecule has 0 N–H and O–H groups in total. The summed E-state index contributed by atoms with van der Waals surface area (Å²) < 4.78 is 9.27. The molecule has 0 atom stereocenters. The third-order valence-electron chi connectivity index (χ3n) is 8.44. The number of para-hydroxylation sites is 1. The van der Waals surface area contributed by atoms with Crippen LogP contribution in [0.5, 0.6) is 0 Å². The van der Waals surface area contributed by atoms with Crippen LogP contribution in [0.25, 0.3) is 63.1 Å². The van der Waals surface area contributed by atoms with Crippen LogP contribution in [0, 0.1) is 0 Å². The van der Waals surface area contributed by atoms with Gasteiger partial charge in [-0.05, 0) is 0 Å². The van der Waals surface area contributed by atoms with E-state index >= 15 is 0 Å². The third-order valence-corrected chi connectivity index (χ3v) is 11.0. The molecule has 202 valence electrons. The van der Waals surface area contributed by atoms with Gasteiger partial charge in [-0.1, -0.05) is 0 Å². The molecule has 7 aromatic carbocycles. The molecule has 0 fully saturated rings. The summed E-state index contributed by atoms with van der Waals surface area (Å²) in [6, 6.07) is 54.7. The first kappa shape index (κ1) is 24.5. The summed E-state index contributed by atoms with van der Waals surface area (Å²) in [5.74, 6) is 0. The van der Waals surface area contributed by atoms with Gasteiger partial charge in [0.25, 0.3) is 0 Å².